The van der Waals surface area contributed by atoms with Crippen molar-refractivity contribution in [3.05, 3.63) is 40.9 Å². The van der Waals surface area contributed by atoms with E-state index >= 15 is 0 Å². The molecule has 0 atom stereocenters. The maximum absolute atomic E-state index is 6.19. The van der Waals surface area contributed by atoms with Crippen LogP contribution < -0.4 is 24.3 Å². The van der Waals surface area contributed by atoms with Crippen LogP contribution in [0.5, 0.6) is 23.0 Å². The zero-order valence-electron chi connectivity index (χ0n) is 13.7. The SMILES string of the molecule is CCCOc1c(CNc2ccc3c(c2)OCO3)cc(Cl)cc1OC. The molecule has 3 rings (SSSR count). The first-order valence-corrected chi connectivity index (χ1v) is 8.21. The number of fused-ring (bicyclic) bond motifs is 1. The van der Waals surface area contributed by atoms with E-state index < -0.39 is 0 Å². The Morgan fingerprint density at radius 2 is 2.00 bits per heavy atom. The monoisotopic (exact) mass is 349 g/mol. The molecular weight excluding hydrogens is 330 g/mol. The topological polar surface area (TPSA) is 49.0 Å². The highest BCUT2D eigenvalue weighted by molar-refractivity contribution is 6.30. The van der Waals surface area contributed by atoms with Crippen molar-refractivity contribution in [1.29, 1.82) is 0 Å². The number of rotatable bonds is 7. The molecule has 0 unspecified atom stereocenters. The van der Waals surface area contributed by atoms with E-state index in [9.17, 15) is 0 Å². The lowest BCUT2D eigenvalue weighted by molar-refractivity contribution is 0.174. The largest absolute Gasteiger partial charge is 0.493 e. The Balaban J connectivity index is 1.79. The van der Waals surface area contributed by atoms with Crippen LogP contribution in [0.3, 0.4) is 0 Å². The molecule has 24 heavy (non-hydrogen) atoms. The Morgan fingerprint density at radius 3 is 2.79 bits per heavy atom. The molecule has 0 radical (unpaired) electrons. The highest BCUT2D eigenvalue weighted by Gasteiger charge is 2.15. The zero-order valence-corrected chi connectivity index (χ0v) is 14.5. The zero-order chi connectivity index (χ0) is 16.9. The van der Waals surface area contributed by atoms with Crippen LogP contribution in [0.2, 0.25) is 5.02 Å². The molecule has 6 heteroatoms. The fourth-order valence-corrected chi connectivity index (χ4v) is 2.71. The van der Waals surface area contributed by atoms with Crippen LogP contribution in [0.15, 0.2) is 30.3 Å². The third kappa shape index (κ3) is 3.62. The van der Waals surface area contributed by atoms with E-state index in [0.717, 1.165) is 34.9 Å². The normalized spacial score (nSPS) is 12.1. The van der Waals surface area contributed by atoms with Gasteiger partial charge in [0.2, 0.25) is 6.79 Å². The van der Waals surface area contributed by atoms with Crippen LogP contribution in [-0.2, 0) is 6.54 Å². The van der Waals surface area contributed by atoms with Crippen LogP contribution in [0.25, 0.3) is 0 Å². The molecule has 2 aromatic rings. The Morgan fingerprint density at radius 1 is 1.17 bits per heavy atom. The van der Waals surface area contributed by atoms with Gasteiger partial charge in [0.15, 0.2) is 23.0 Å². The van der Waals surface area contributed by atoms with Crippen LogP contribution in [0, 0.1) is 0 Å². The second-order valence-corrected chi connectivity index (χ2v) is 5.80. The van der Waals surface area contributed by atoms with Gasteiger partial charge in [-0.1, -0.05) is 18.5 Å². The molecule has 2 aromatic carbocycles. The minimum absolute atomic E-state index is 0.263. The number of benzene rings is 2. The first-order chi connectivity index (χ1) is 11.7. The van der Waals surface area contributed by atoms with Gasteiger partial charge >= 0.3 is 0 Å². The lowest BCUT2D eigenvalue weighted by Crippen LogP contribution is -2.06. The molecule has 0 aliphatic carbocycles. The predicted octanol–water partition coefficient (Wildman–Crippen LogP) is 4.48. The summed E-state index contributed by atoms with van der Waals surface area (Å²) >= 11 is 6.19. The molecule has 0 spiro atoms. The summed E-state index contributed by atoms with van der Waals surface area (Å²) in [6, 6.07) is 9.39. The van der Waals surface area contributed by atoms with Crippen molar-refractivity contribution in [2.75, 3.05) is 25.8 Å². The van der Waals surface area contributed by atoms with Crippen molar-refractivity contribution in [1.82, 2.24) is 0 Å². The lowest BCUT2D eigenvalue weighted by Gasteiger charge is -2.16. The number of halogens is 1. The van der Waals surface area contributed by atoms with E-state index in [1.807, 2.05) is 24.3 Å². The van der Waals surface area contributed by atoms with Crippen molar-refractivity contribution in [2.45, 2.75) is 19.9 Å². The van der Waals surface area contributed by atoms with Crippen LogP contribution in [-0.4, -0.2) is 20.5 Å². The summed E-state index contributed by atoms with van der Waals surface area (Å²) in [6.07, 6.45) is 0.917. The molecule has 0 saturated carbocycles. The third-order valence-corrected chi connectivity index (χ3v) is 3.84. The summed E-state index contributed by atoms with van der Waals surface area (Å²) in [5.74, 6) is 2.86. The number of ether oxygens (including phenoxy) is 4. The maximum Gasteiger partial charge on any atom is 0.231 e. The van der Waals surface area contributed by atoms with Gasteiger partial charge in [-0.05, 0) is 24.6 Å². The van der Waals surface area contributed by atoms with E-state index in [2.05, 4.69) is 12.2 Å². The van der Waals surface area contributed by atoms with E-state index in [1.165, 1.54) is 0 Å². The smallest absolute Gasteiger partial charge is 0.231 e. The molecule has 0 bridgehead atoms. The quantitative estimate of drug-likeness (QED) is 0.798. The summed E-state index contributed by atoms with van der Waals surface area (Å²) in [7, 11) is 1.61. The van der Waals surface area contributed by atoms with Gasteiger partial charge in [-0.3, -0.25) is 0 Å². The molecule has 0 saturated heterocycles. The van der Waals surface area contributed by atoms with E-state index in [4.69, 9.17) is 30.5 Å². The molecule has 0 amide bonds. The molecule has 1 aliphatic heterocycles. The highest BCUT2D eigenvalue weighted by Crippen LogP contribution is 2.37. The number of hydrogen-bond acceptors (Lipinski definition) is 5. The van der Waals surface area contributed by atoms with Crippen LogP contribution in [0.4, 0.5) is 5.69 Å². The Kier molecular flexibility index (Phi) is 5.20. The van der Waals surface area contributed by atoms with Gasteiger partial charge in [0.1, 0.15) is 0 Å². The summed E-state index contributed by atoms with van der Waals surface area (Å²) in [4.78, 5) is 0. The van der Waals surface area contributed by atoms with Crippen molar-refractivity contribution >= 4 is 17.3 Å². The van der Waals surface area contributed by atoms with Crippen molar-refractivity contribution < 1.29 is 18.9 Å². The third-order valence-electron chi connectivity index (χ3n) is 3.62. The molecule has 1 N–H and O–H groups in total. The lowest BCUT2D eigenvalue weighted by atomic mass is 10.1. The number of nitrogens with one attached hydrogen (secondary N) is 1. The van der Waals surface area contributed by atoms with Crippen molar-refractivity contribution in [3.8, 4) is 23.0 Å². The molecular formula is C18H20ClNO4. The summed E-state index contributed by atoms with van der Waals surface area (Å²) < 4.78 is 22.0. The molecule has 1 aliphatic rings. The average molecular weight is 350 g/mol. The predicted molar refractivity (Wildman–Crippen MR) is 93.7 cm³/mol. The average Bonchev–Trinajstić information content (AvgIpc) is 3.06. The molecule has 128 valence electrons. The van der Waals surface area contributed by atoms with Gasteiger partial charge < -0.3 is 24.3 Å². The standard InChI is InChI=1S/C18H20ClNO4/c1-3-6-22-18-12(7-13(19)8-17(18)21-2)10-20-14-4-5-15-16(9-14)24-11-23-15/h4-5,7-9,20H,3,6,10-11H2,1-2H3. The van der Waals surface area contributed by atoms with Gasteiger partial charge in [0.05, 0.1) is 13.7 Å². The van der Waals surface area contributed by atoms with Gasteiger partial charge in [0, 0.05) is 35.0 Å². The highest BCUT2D eigenvalue weighted by atomic mass is 35.5. The van der Waals surface area contributed by atoms with Crippen molar-refractivity contribution in [2.24, 2.45) is 0 Å². The first kappa shape index (κ1) is 16.6. The molecule has 1 heterocycles. The Hall–Kier alpha value is -2.27. The van der Waals surface area contributed by atoms with Gasteiger partial charge in [-0.25, -0.2) is 0 Å². The van der Waals surface area contributed by atoms with Crippen LogP contribution in [0.1, 0.15) is 18.9 Å². The minimum Gasteiger partial charge on any atom is -0.493 e. The van der Waals surface area contributed by atoms with E-state index in [0.29, 0.717) is 23.9 Å². The molecule has 0 aromatic heterocycles. The van der Waals surface area contributed by atoms with Crippen LogP contribution >= 0.6 is 11.6 Å². The summed E-state index contributed by atoms with van der Waals surface area (Å²) in [5, 5.41) is 3.97. The summed E-state index contributed by atoms with van der Waals surface area (Å²) in [6.45, 7) is 3.50. The molecule has 0 fully saturated rings. The van der Waals surface area contributed by atoms with Crippen molar-refractivity contribution in [3.63, 3.8) is 0 Å². The van der Waals surface area contributed by atoms with E-state index in [1.54, 1.807) is 13.2 Å². The van der Waals surface area contributed by atoms with Gasteiger partial charge in [0.25, 0.3) is 0 Å². The maximum atomic E-state index is 6.19. The Labute approximate surface area is 146 Å². The minimum atomic E-state index is 0.263. The fraction of sp³-hybridized carbons (Fsp3) is 0.333. The van der Waals surface area contributed by atoms with Gasteiger partial charge in [-0.2, -0.15) is 0 Å². The number of anilines is 1. The van der Waals surface area contributed by atoms with Gasteiger partial charge in [-0.15, -0.1) is 0 Å². The second-order valence-electron chi connectivity index (χ2n) is 5.37. The van der Waals surface area contributed by atoms with E-state index in [-0.39, 0.29) is 6.79 Å². The molecule has 5 nitrogen and oxygen atoms in total. The fourth-order valence-electron chi connectivity index (χ4n) is 2.48. The summed E-state index contributed by atoms with van der Waals surface area (Å²) in [5.41, 5.74) is 1.87. The first-order valence-electron chi connectivity index (χ1n) is 7.84. The number of methoxy groups -OCH3 is 1. The number of hydrogen-bond donors (Lipinski definition) is 1. The Bertz CT molecular complexity index is 720. The second kappa shape index (κ2) is 7.53.